The monoisotopic (exact) mass is 381 g/mol. The van der Waals surface area contributed by atoms with Crippen LogP contribution in [0, 0.1) is 11.3 Å². The topological polar surface area (TPSA) is 89.0 Å². The summed E-state index contributed by atoms with van der Waals surface area (Å²) in [5, 5.41) is 12.2. The third kappa shape index (κ3) is 3.87. The summed E-state index contributed by atoms with van der Waals surface area (Å²) in [6.45, 7) is 0. The molecule has 0 atom stereocenters. The highest BCUT2D eigenvalue weighted by Crippen LogP contribution is 2.35. The Morgan fingerprint density at radius 2 is 2.12 bits per heavy atom. The minimum Gasteiger partial charge on any atom is -0.497 e. The third-order valence-corrected chi connectivity index (χ3v) is 5.51. The van der Waals surface area contributed by atoms with Crippen molar-refractivity contribution < 1.29 is 9.53 Å². The second-order valence-electron chi connectivity index (χ2n) is 5.31. The minimum atomic E-state index is -0.451. The van der Waals surface area contributed by atoms with Crippen molar-refractivity contribution in [1.82, 2.24) is 4.98 Å². The maximum Gasteiger partial charge on any atom is 0.227 e. The molecule has 0 radical (unpaired) electrons. The van der Waals surface area contributed by atoms with Crippen molar-refractivity contribution in [3.8, 4) is 33.5 Å². The first-order chi connectivity index (χ1) is 12.6. The van der Waals surface area contributed by atoms with Gasteiger partial charge in [-0.05, 0) is 35.2 Å². The summed E-state index contributed by atoms with van der Waals surface area (Å²) >= 11 is 2.75. The Hall–Kier alpha value is -2.82. The van der Waals surface area contributed by atoms with E-state index < -0.39 is 5.91 Å². The summed E-state index contributed by atoms with van der Waals surface area (Å²) in [5.74, 6) is 0.355. The number of nitriles is 1. The molecule has 1 amide bonds. The van der Waals surface area contributed by atoms with Crippen LogP contribution in [0.5, 0.6) is 5.75 Å². The number of methoxy groups -OCH3 is 1. The Kier molecular flexibility index (Phi) is 5.56. The number of ether oxygens (including phenoxy) is 1. The lowest BCUT2D eigenvalue weighted by atomic mass is 10.0. The largest absolute Gasteiger partial charge is 0.497 e. The number of amides is 1. The van der Waals surface area contributed by atoms with Crippen LogP contribution < -0.4 is 10.5 Å². The quantitative estimate of drug-likeness (QED) is 0.653. The van der Waals surface area contributed by atoms with Crippen molar-refractivity contribution in [3.05, 3.63) is 53.4 Å². The molecule has 2 N–H and O–H groups in total. The number of pyridine rings is 1. The van der Waals surface area contributed by atoms with E-state index in [2.05, 4.69) is 11.1 Å². The van der Waals surface area contributed by atoms with Crippen molar-refractivity contribution in [1.29, 1.82) is 5.26 Å². The second-order valence-corrected chi connectivity index (χ2v) is 7.22. The number of hydrogen-bond acceptors (Lipinski definition) is 6. The average Bonchev–Trinajstić information content (AvgIpc) is 3.20. The van der Waals surface area contributed by atoms with Crippen LogP contribution in [0.25, 0.3) is 21.7 Å². The summed E-state index contributed by atoms with van der Waals surface area (Å²) in [7, 11) is 1.61. The number of hydrogen-bond donors (Lipinski definition) is 1. The lowest BCUT2D eigenvalue weighted by Gasteiger charge is -2.12. The van der Waals surface area contributed by atoms with Gasteiger partial charge in [0, 0.05) is 5.56 Å². The maximum absolute atomic E-state index is 11.2. The number of benzene rings is 1. The highest BCUT2D eigenvalue weighted by atomic mass is 32.2. The number of nitrogens with zero attached hydrogens (tertiary/aromatic N) is 2. The molecule has 26 heavy (non-hydrogen) atoms. The fraction of sp³-hybridized carbons (Fsp3) is 0.105. The van der Waals surface area contributed by atoms with Gasteiger partial charge in [-0.25, -0.2) is 4.98 Å². The van der Waals surface area contributed by atoms with E-state index in [1.807, 2.05) is 47.8 Å². The van der Waals surface area contributed by atoms with Crippen molar-refractivity contribution in [2.45, 2.75) is 5.03 Å². The molecule has 7 heteroatoms. The van der Waals surface area contributed by atoms with Crippen molar-refractivity contribution in [2.75, 3.05) is 12.9 Å². The molecule has 0 spiro atoms. The van der Waals surface area contributed by atoms with Gasteiger partial charge in [0.2, 0.25) is 5.91 Å². The molecule has 0 bridgehead atoms. The van der Waals surface area contributed by atoms with Gasteiger partial charge < -0.3 is 10.5 Å². The van der Waals surface area contributed by atoms with Crippen LogP contribution in [0.1, 0.15) is 5.56 Å². The predicted molar refractivity (Wildman–Crippen MR) is 104 cm³/mol. The molecule has 2 heterocycles. The van der Waals surface area contributed by atoms with Gasteiger partial charge in [0.05, 0.1) is 29.0 Å². The van der Waals surface area contributed by atoms with Crippen molar-refractivity contribution >= 4 is 29.0 Å². The van der Waals surface area contributed by atoms with Gasteiger partial charge in [-0.3, -0.25) is 4.79 Å². The maximum atomic E-state index is 11.2. The molecule has 5 nitrogen and oxygen atoms in total. The SMILES string of the molecule is COc1ccc(-c2cc(-c3cccs3)nc(SCC(N)=O)c2C#N)cc1. The summed E-state index contributed by atoms with van der Waals surface area (Å²) in [4.78, 5) is 16.8. The van der Waals surface area contributed by atoms with Crippen LogP contribution in [0.4, 0.5) is 0 Å². The molecule has 130 valence electrons. The van der Waals surface area contributed by atoms with Crippen molar-refractivity contribution in [3.63, 3.8) is 0 Å². The van der Waals surface area contributed by atoms with E-state index >= 15 is 0 Å². The number of thioether (sulfide) groups is 1. The molecule has 0 unspecified atom stereocenters. The molecular weight excluding hydrogens is 366 g/mol. The summed E-state index contributed by atoms with van der Waals surface area (Å²) in [6, 6.07) is 15.5. The van der Waals surface area contributed by atoms with Gasteiger partial charge in [0.15, 0.2) is 0 Å². The van der Waals surface area contributed by atoms with Gasteiger partial charge in [0.1, 0.15) is 16.8 Å². The second kappa shape index (κ2) is 8.04. The minimum absolute atomic E-state index is 0.0671. The Bertz CT molecular complexity index is 962. The lowest BCUT2D eigenvalue weighted by molar-refractivity contribution is -0.115. The smallest absolute Gasteiger partial charge is 0.227 e. The molecule has 0 saturated carbocycles. The van der Waals surface area contributed by atoms with E-state index in [0.717, 1.165) is 27.4 Å². The summed E-state index contributed by atoms with van der Waals surface area (Å²) < 4.78 is 5.20. The van der Waals surface area contributed by atoms with Crippen LogP contribution in [0.2, 0.25) is 0 Å². The predicted octanol–water partition coefficient (Wildman–Crippen LogP) is 3.93. The van der Waals surface area contributed by atoms with E-state index in [9.17, 15) is 10.1 Å². The number of carbonyl (C=O) groups excluding carboxylic acids is 1. The van der Waals surface area contributed by atoms with Crippen LogP contribution in [-0.4, -0.2) is 23.8 Å². The highest BCUT2D eigenvalue weighted by Gasteiger charge is 2.17. The van der Waals surface area contributed by atoms with E-state index in [1.165, 1.54) is 11.8 Å². The van der Waals surface area contributed by atoms with Gasteiger partial charge >= 0.3 is 0 Å². The number of thiophene rings is 1. The molecule has 0 aliphatic heterocycles. The molecule has 2 aromatic heterocycles. The Morgan fingerprint density at radius 1 is 1.35 bits per heavy atom. The fourth-order valence-electron chi connectivity index (χ4n) is 2.42. The van der Waals surface area contributed by atoms with Crippen LogP contribution in [-0.2, 0) is 4.79 Å². The first kappa shape index (κ1) is 18.0. The Balaban J connectivity index is 2.16. The van der Waals surface area contributed by atoms with Crippen LogP contribution in [0.3, 0.4) is 0 Å². The van der Waals surface area contributed by atoms with E-state index in [0.29, 0.717) is 10.6 Å². The number of rotatable bonds is 6. The third-order valence-electron chi connectivity index (χ3n) is 3.62. The fourth-order valence-corrected chi connectivity index (χ4v) is 3.85. The van der Waals surface area contributed by atoms with Crippen molar-refractivity contribution in [2.24, 2.45) is 5.73 Å². The van der Waals surface area contributed by atoms with E-state index in [1.54, 1.807) is 18.4 Å². The molecule has 3 aromatic rings. The number of primary amides is 1. The summed E-state index contributed by atoms with van der Waals surface area (Å²) in [6.07, 6.45) is 0. The molecule has 0 aliphatic rings. The molecule has 0 saturated heterocycles. The Labute approximate surface area is 159 Å². The number of nitrogens with two attached hydrogens (primary N) is 1. The molecule has 0 fully saturated rings. The normalized spacial score (nSPS) is 10.3. The van der Waals surface area contributed by atoms with Crippen LogP contribution >= 0.6 is 23.1 Å². The average molecular weight is 381 g/mol. The zero-order chi connectivity index (χ0) is 18.5. The standard InChI is InChI=1S/C19H15N3O2S2/c1-24-13-6-4-12(5-7-13)14-9-16(17-3-2-8-25-17)22-19(15(14)10-20)26-11-18(21)23/h2-9H,11H2,1H3,(H2,21,23). The van der Waals surface area contributed by atoms with Gasteiger partial charge in [-0.15, -0.1) is 11.3 Å². The highest BCUT2D eigenvalue weighted by molar-refractivity contribution is 8.00. The molecular formula is C19H15N3O2S2. The van der Waals surface area contributed by atoms with Gasteiger partial charge in [0.25, 0.3) is 0 Å². The zero-order valence-corrected chi connectivity index (χ0v) is 15.6. The summed E-state index contributed by atoms with van der Waals surface area (Å²) in [5.41, 5.74) is 8.10. The lowest BCUT2D eigenvalue weighted by Crippen LogP contribution is -2.13. The first-order valence-corrected chi connectivity index (χ1v) is 9.53. The van der Waals surface area contributed by atoms with E-state index in [4.69, 9.17) is 10.5 Å². The number of aromatic nitrogens is 1. The molecule has 3 rings (SSSR count). The van der Waals surface area contributed by atoms with Gasteiger partial charge in [-0.2, -0.15) is 5.26 Å². The van der Waals surface area contributed by atoms with Crippen LogP contribution in [0.15, 0.2) is 52.9 Å². The molecule has 0 aliphatic carbocycles. The Morgan fingerprint density at radius 3 is 2.69 bits per heavy atom. The molecule has 1 aromatic carbocycles. The zero-order valence-electron chi connectivity index (χ0n) is 13.9. The number of carbonyl (C=O) groups is 1. The van der Waals surface area contributed by atoms with Gasteiger partial charge in [-0.1, -0.05) is 30.0 Å². The first-order valence-electron chi connectivity index (χ1n) is 7.67. The van der Waals surface area contributed by atoms with E-state index in [-0.39, 0.29) is 5.75 Å².